The van der Waals surface area contributed by atoms with E-state index in [1.807, 2.05) is 55.5 Å². The largest absolute Gasteiger partial charge is 0.494 e. The van der Waals surface area contributed by atoms with E-state index in [0.29, 0.717) is 19.1 Å². The predicted molar refractivity (Wildman–Crippen MR) is 95.5 cm³/mol. The molecular formula is C20H25NO3. The first-order chi connectivity index (χ1) is 11.6. The molecule has 0 unspecified atom stereocenters. The summed E-state index contributed by atoms with van der Waals surface area (Å²) < 4.78 is 11.2. The average Bonchev–Trinajstić information content (AvgIpc) is 2.59. The number of nitrogens with one attached hydrogen (secondary N) is 1. The van der Waals surface area contributed by atoms with E-state index in [0.717, 1.165) is 22.6 Å². The molecule has 128 valence electrons. The van der Waals surface area contributed by atoms with Gasteiger partial charge in [0.05, 0.1) is 6.61 Å². The number of carbonyl (C=O) groups excluding carboxylic acids is 1. The van der Waals surface area contributed by atoms with Gasteiger partial charge in [0.25, 0.3) is 5.91 Å². The average molecular weight is 327 g/mol. The van der Waals surface area contributed by atoms with E-state index >= 15 is 0 Å². The van der Waals surface area contributed by atoms with Crippen molar-refractivity contribution in [3.05, 3.63) is 59.7 Å². The Bertz CT molecular complexity index is 667. The lowest BCUT2D eigenvalue weighted by Gasteiger charge is -2.14. The molecule has 2 aromatic carbocycles. The molecule has 0 aliphatic rings. The highest BCUT2D eigenvalue weighted by atomic mass is 16.5. The molecule has 0 fully saturated rings. The number of amides is 1. The molecule has 4 nitrogen and oxygen atoms in total. The summed E-state index contributed by atoms with van der Waals surface area (Å²) in [5, 5.41) is 2.87. The maximum Gasteiger partial charge on any atom is 0.258 e. The van der Waals surface area contributed by atoms with Crippen LogP contribution in [0, 0.1) is 0 Å². The minimum Gasteiger partial charge on any atom is -0.494 e. The van der Waals surface area contributed by atoms with Gasteiger partial charge in [0.1, 0.15) is 11.5 Å². The van der Waals surface area contributed by atoms with Crippen molar-refractivity contribution in [2.45, 2.75) is 33.2 Å². The zero-order valence-electron chi connectivity index (χ0n) is 14.5. The molecule has 1 N–H and O–H groups in total. The van der Waals surface area contributed by atoms with E-state index in [-0.39, 0.29) is 12.5 Å². The number of hydrogen-bond acceptors (Lipinski definition) is 3. The lowest BCUT2D eigenvalue weighted by atomic mass is 10.0. The van der Waals surface area contributed by atoms with Gasteiger partial charge in [0, 0.05) is 12.1 Å². The van der Waals surface area contributed by atoms with Crippen molar-refractivity contribution in [3.63, 3.8) is 0 Å². The molecule has 2 rings (SSSR count). The second-order valence-electron chi connectivity index (χ2n) is 5.80. The third kappa shape index (κ3) is 5.01. The number of carbonyl (C=O) groups is 1. The first-order valence-corrected chi connectivity index (χ1v) is 8.31. The van der Waals surface area contributed by atoms with Gasteiger partial charge >= 0.3 is 0 Å². The lowest BCUT2D eigenvalue weighted by molar-refractivity contribution is -0.123. The third-order valence-corrected chi connectivity index (χ3v) is 3.65. The summed E-state index contributed by atoms with van der Waals surface area (Å²) in [5.41, 5.74) is 2.06. The van der Waals surface area contributed by atoms with Gasteiger partial charge in [-0.05, 0) is 30.5 Å². The predicted octanol–water partition coefficient (Wildman–Crippen LogP) is 3.90. The molecule has 1 amide bonds. The highest BCUT2D eigenvalue weighted by molar-refractivity contribution is 5.77. The van der Waals surface area contributed by atoms with Crippen molar-refractivity contribution < 1.29 is 14.3 Å². The fourth-order valence-corrected chi connectivity index (χ4v) is 2.42. The van der Waals surface area contributed by atoms with Gasteiger partial charge in [-0.1, -0.05) is 50.2 Å². The smallest absolute Gasteiger partial charge is 0.258 e. The van der Waals surface area contributed by atoms with Crippen LogP contribution >= 0.6 is 0 Å². The second kappa shape index (κ2) is 8.96. The molecule has 0 aliphatic heterocycles. The zero-order valence-corrected chi connectivity index (χ0v) is 14.5. The fourth-order valence-electron chi connectivity index (χ4n) is 2.42. The molecule has 0 aliphatic carbocycles. The van der Waals surface area contributed by atoms with Crippen LogP contribution in [0.4, 0.5) is 0 Å². The topological polar surface area (TPSA) is 47.6 Å². The van der Waals surface area contributed by atoms with Crippen molar-refractivity contribution in [2.75, 3.05) is 13.2 Å². The van der Waals surface area contributed by atoms with Crippen LogP contribution < -0.4 is 14.8 Å². The molecule has 0 saturated heterocycles. The maximum atomic E-state index is 12.1. The number of para-hydroxylation sites is 2. The van der Waals surface area contributed by atoms with Gasteiger partial charge in [0.15, 0.2) is 6.61 Å². The minimum absolute atomic E-state index is 0.000531. The molecule has 0 spiro atoms. The molecule has 0 heterocycles. The summed E-state index contributed by atoms with van der Waals surface area (Å²) in [6.45, 7) is 7.17. The van der Waals surface area contributed by atoms with Crippen molar-refractivity contribution in [1.29, 1.82) is 0 Å². The van der Waals surface area contributed by atoms with Gasteiger partial charge in [-0.25, -0.2) is 0 Å². The normalized spacial score (nSPS) is 10.5. The Kier molecular flexibility index (Phi) is 6.67. The molecular weight excluding hydrogens is 302 g/mol. The summed E-state index contributed by atoms with van der Waals surface area (Å²) in [7, 11) is 0. The molecule has 0 aromatic heterocycles. The van der Waals surface area contributed by atoms with Crippen LogP contribution in [0.25, 0.3) is 0 Å². The quantitative estimate of drug-likeness (QED) is 0.800. The van der Waals surface area contributed by atoms with Crippen LogP contribution in [-0.2, 0) is 11.3 Å². The second-order valence-corrected chi connectivity index (χ2v) is 5.80. The molecule has 0 radical (unpaired) electrons. The summed E-state index contributed by atoms with van der Waals surface area (Å²) in [4.78, 5) is 12.1. The van der Waals surface area contributed by atoms with Gasteiger partial charge in [0.2, 0.25) is 0 Å². The summed E-state index contributed by atoms with van der Waals surface area (Å²) in [6.07, 6.45) is 0. The Morgan fingerprint density at radius 2 is 1.67 bits per heavy atom. The first-order valence-electron chi connectivity index (χ1n) is 8.31. The standard InChI is InChI=1S/C20H25NO3/c1-4-23-18-11-7-5-9-16(18)13-21-20(22)14-24-19-12-8-6-10-17(19)15(2)3/h5-12,15H,4,13-14H2,1-3H3,(H,21,22). The summed E-state index contributed by atoms with van der Waals surface area (Å²) >= 11 is 0. The molecule has 0 saturated carbocycles. The number of ether oxygens (including phenoxy) is 2. The number of hydrogen-bond donors (Lipinski definition) is 1. The third-order valence-electron chi connectivity index (χ3n) is 3.65. The van der Waals surface area contributed by atoms with Gasteiger partial charge in [-0.3, -0.25) is 4.79 Å². The van der Waals surface area contributed by atoms with Gasteiger partial charge < -0.3 is 14.8 Å². The molecule has 2 aromatic rings. The van der Waals surface area contributed by atoms with E-state index in [4.69, 9.17) is 9.47 Å². The Morgan fingerprint density at radius 1 is 1.00 bits per heavy atom. The minimum atomic E-state index is -0.153. The van der Waals surface area contributed by atoms with E-state index in [1.54, 1.807) is 0 Å². The van der Waals surface area contributed by atoms with Crippen molar-refractivity contribution >= 4 is 5.91 Å². The molecule has 4 heteroatoms. The highest BCUT2D eigenvalue weighted by Gasteiger charge is 2.10. The van der Waals surface area contributed by atoms with Crippen LogP contribution in [0.1, 0.15) is 37.8 Å². The molecule has 0 atom stereocenters. The summed E-state index contributed by atoms with van der Waals surface area (Å²) in [5.74, 6) is 1.76. The highest BCUT2D eigenvalue weighted by Crippen LogP contribution is 2.25. The van der Waals surface area contributed by atoms with Crippen LogP contribution in [0.5, 0.6) is 11.5 Å². The molecule has 24 heavy (non-hydrogen) atoms. The maximum absolute atomic E-state index is 12.1. The first kappa shape index (κ1) is 17.9. The van der Waals surface area contributed by atoms with Crippen molar-refractivity contribution in [1.82, 2.24) is 5.32 Å². The van der Waals surface area contributed by atoms with E-state index in [9.17, 15) is 4.79 Å². The fraction of sp³-hybridized carbons (Fsp3) is 0.350. The van der Waals surface area contributed by atoms with Crippen LogP contribution in [0.2, 0.25) is 0 Å². The zero-order chi connectivity index (χ0) is 17.4. The van der Waals surface area contributed by atoms with Gasteiger partial charge in [-0.15, -0.1) is 0 Å². The number of rotatable bonds is 8. The Hall–Kier alpha value is -2.49. The summed E-state index contributed by atoms with van der Waals surface area (Å²) in [6, 6.07) is 15.5. The van der Waals surface area contributed by atoms with Crippen LogP contribution in [0.15, 0.2) is 48.5 Å². The Balaban J connectivity index is 1.89. The SMILES string of the molecule is CCOc1ccccc1CNC(=O)COc1ccccc1C(C)C. The van der Waals surface area contributed by atoms with Gasteiger partial charge in [-0.2, -0.15) is 0 Å². The van der Waals surface area contributed by atoms with E-state index in [2.05, 4.69) is 19.2 Å². The van der Waals surface area contributed by atoms with Crippen molar-refractivity contribution in [3.8, 4) is 11.5 Å². The lowest BCUT2D eigenvalue weighted by Crippen LogP contribution is -2.28. The molecule has 0 bridgehead atoms. The monoisotopic (exact) mass is 327 g/mol. The van der Waals surface area contributed by atoms with E-state index in [1.165, 1.54) is 0 Å². The van der Waals surface area contributed by atoms with Crippen molar-refractivity contribution in [2.24, 2.45) is 0 Å². The van der Waals surface area contributed by atoms with E-state index < -0.39 is 0 Å². The van der Waals surface area contributed by atoms with Crippen LogP contribution in [-0.4, -0.2) is 19.1 Å². The van der Waals surface area contributed by atoms with Crippen LogP contribution in [0.3, 0.4) is 0 Å². The Morgan fingerprint density at radius 3 is 2.38 bits per heavy atom. The Labute approximate surface area is 143 Å². The number of benzene rings is 2.